The van der Waals surface area contributed by atoms with E-state index in [0.29, 0.717) is 12.2 Å². The number of carbonyl (C=O) groups is 1. The first kappa shape index (κ1) is 20.1. The molecule has 0 bridgehead atoms. The summed E-state index contributed by atoms with van der Waals surface area (Å²) in [6.07, 6.45) is -2.17. The van der Waals surface area contributed by atoms with E-state index in [-0.39, 0.29) is 0 Å². The largest absolute Gasteiger partial charge is 0.456 e. The molecule has 140 valence electrons. The molecule has 0 aliphatic heterocycles. The molecule has 0 heterocycles. The molecule has 0 unspecified atom stereocenters. The highest BCUT2D eigenvalue weighted by atomic mass is 16.6. The second kappa shape index (κ2) is 10.1. The normalized spacial score (nSPS) is 15.7. The Balaban J connectivity index is 2.08. The maximum Gasteiger partial charge on any atom is 0.338 e. The van der Waals surface area contributed by atoms with Crippen LogP contribution in [-0.4, -0.2) is 41.1 Å². The molecule has 0 radical (unpaired) electrons. The van der Waals surface area contributed by atoms with Gasteiger partial charge in [-0.25, -0.2) is 4.79 Å². The Kier molecular flexibility index (Phi) is 7.78. The topological polar surface area (TPSA) is 76.0 Å². The molecule has 0 fully saturated rings. The summed E-state index contributed by atoms with van der Waals surface area (Å²) in [5, 5.41) is 19.3. The van der Waals surface area contributed by atoms with Gasteiger partial charge in [-0.3, -0.25) is 0 Å². The molecule has 0 saturated heterocycles. The van der Waals surface area contributed by atoms with Crippen LogP contribution in [0.5, 0.6) is 0 Å². The van der Waals surface area contributed by atoms with E-state index in [1.54, 1.807) is 38.1 Å². The lowest BCUT2D eigenvalue weighted by Gasteiger charge is -2.31. The molecule has 5 heteroatoms. The summed E-state index contributed by atoms with van der Waals surface area (Å²) < 4.78 is 11.5. The van der Waals surface area contributed by atoms with Gasteiger partial charge in [0.05, 0.1) is 31.0 Å². The zero-order valence-electron chi connectivity index (χ0n) is 15.1. The molecule has 0 aromatic heterocycles. The van der Waals surface area contributed by atoms with E-state index in [1.807, 2.05) is 36.4 Å². The number of hydrogen-bond acceptors (Lipinski definition) is 5. The fourth-order valence-corrected chi connectivity index (χ4v) is 2.68. The fraction of sp³-hybridized carbons (Fsp3) is 0.381. The number of ether oxygens (including phenoxy) is 2. The van der Waals surface area contributed by atoms with Crippen LogP contribution in [0.25, 0.3) is 0 Å². The van der Waals surface area contributed by atoms with E-state index >= 15 is 0 Å². The highest BCUT2D eigenvalue weighted by molar-refractivity contribution is 5.89. The standard InChI is InChI=1S/C21H26O5/c1-15(19(23)13-22)20(26-21(24)18-11-7-4-8-12-18)16(2)25-14-17-9-5-3-6-10-17/h3-12,15-16,19-20,22-23H,13-14H2,1-2H3/t15-,16+,19-,20+/m1/s1. The number of benzene rings is 2. The van der Waals surface area contributed by atoms with Crippen LogP contribution >= 0.6 is 0 Å². The van der Waals surface area contributed by atoms with E-state index < -0.39 is 36.8 Å². The summed E-state index contributed by atoms with van der Waals surface area (Å²) in [6, 6.07) is 18.3. The van der Waals surface area contributed by atoms with Crippen LogP contribution in [-0.2, 0) is 16.1 Å². The van der Waals surface area contributed by atoms with Gasteiger partial charge in [0, 0.05) is 5.92 Å². The summed E-state index contributed by atoms with van der Waals surface area (Å²) >= 11 is 0. The third-order valence-corrected chi connectivity index (χ3v) is 4.38. The lowest BCUT2D eigenvalue weighted by Crippen LogP contribution is -2.42. The van der Waals surface area contributed by atoms with Crippen molar-refractivity contribution in [3.63, 3.8) is 0 Å². The minimum atomic E-state index is -1.01. The molecule has 0 aliphatic rings. The van der Waals surface area contributed by atoms with Gasteiger partial charge in [-0.05, 0) is 24.6 Å². The van der Waals surface area contributed by atoms with Crippen LogP contribution in [0.15, 0.2) is 60.7 Å². The van der Waals surface area contributed by atoms with Crippen molar-refractivity contribution in [2.24, 2.45) is 5.92 Å². The first-order chi connectivity index (χ1) is 12.5. The summed E-state index contributed by atoms with van der Waals surface area (Å²) in [7, 11) is 0. The van der Waals surface area contributed by atoms with Gasteiger partial charge in [0.1, 0.15) is 6.10 Å². The number of aliphatic hydroxyl groups is 2. The van der Waals surface area contributed by atoms with Crippen molar-refractivity contribution in [1.29, 1.82) is 0 Å². The number of esters is 1. The van der Waals surface area contributed by atoms with E-state index in [2.05, 4.69) is 0 Å². The van der Waals surface area contributed by atoms with Crippen LogP contribution in [0.3, 0.4) is 0 Å². The monoisotopic (exact) mass is 358 g/mol. The van der Waals surface area contributed by atoms with E-state index in [0.717, 1.165) is 5.56 Å². The molecule has 2 aromatic carbocycles. The maximum atomic E-state index is 12.4. The Hall–Kier alpha value is -2.21. The molecule has 2 aromatic rings. The molecule has 26 heavy (non-hydrogen) atoms. The van der Waals surface area contributed by atoms with Crippen molar-refractivity contribution in [3.05, 3.63) is 71.8 Å². The van der Waals surface area contributed by atoms with Crippen LogP contribution in [0.4, 0.5) is 0 Å². The average molecular weight is 358 g/mol. The molecular formula is C21H26O5. The molecule has 0 amide bonds. The third kappa shape index (κ3) is 5.66. The minimum absolute atomic E-state index is 0.364. The van der Waals surface area contributed by atoms with Gasteiger partial charge in [-0.2, -0.15) is 0 Å². The fourth-order valence-electron chi connectivity index (χ4n) is 2.68. The van der Waals surface area contributed by atoms with Gasteiger partial charge in [0.25, 0.3) is 0 Å². The Labute approximate surface area is 154 Å². The predicted molar refractivity (Wildman–Crippen MR) is 98.6 cm³/mol. The summed E-state index contributed by atoms with van der Waals surface area (Å²) in [6.45, 7) is 3.48. The molecule has 2 N–H and O–H groups in total. The second-order valence-electron chi connectivity index (χ2n) is 6.35. The summed E-state index contributed by atoms with van der Waals surface area (Å²) in [4.78, 5) is 12.4. The van der Waals surface area contributed by atoms with Crippen LogP contribution in [0.2, 0.25) is 0 Å². The van der Waals surface area contributed by atoms with Gasteiger partial charge in [0.15, 0.2) is 0 Å². The first-order valence-corrected chi connectivity index (χ1v) is 8.73. The van der Waals surface area contributed by atoms with Crippen LogP contribution in [0, 0.1) is 5.92 Å². The van der Waals surface area contributed by atoms with Crippen molar-refractivity contribution in [1.82, 2.24) is 0 Å². The Morgan fingerprint density at radius 3 is 2.15 bits per heavy atom. The smallest absolute Gasteiger partial charge is 0.338 e. The summed E-state index contributed by atoms with van der Waals surface area (Å²) in [5.41, 5.74) is 1.43. The van der Waals surface area contributed by atoms with Gasteiger partial charge in [-0.1, -0.05) is 55.5 Å². The van der Waals surface area contributed by atoms with E-state index in [1.165, 1.54) is 0 Å². The second-order valence-corrected chi connectivity index (χ2v) is 6.35. The average Bonchev–Trinajstić information content (AvgIpc) is 2.70. The lowest BCUT2D eigenvalue weighted by molar-refractivity contribution is -0.0966. The quantitative estimate of drug-likeness (QED) is 0.674. The zero-order chi connectivity index (χ0) is 18.9. The maximum absolute atomic E-state index is 12.4. The molecule has 0 spiro atoms. The number of rotatable bonds is 9. The van der Waals surface area contributed by atoms with Crippen molar-refractivity contribution >= 4 is 5.97 Å². The highest BCUT2D eigenvalue weighted by Crippen LogP contribution is 2.21. The van der Waals surface area contributed by atoms with Crippen LogP contribution < -0.4 is 0 Å². The highest BCUT2D eigenvalue weighted by Gasteiger charge is 2.33. The SMILES string of the molecule is C[C@@H]([C@H](OC(=O)c1ccccc1)[C@H](C)OCc1ccccc1)[C@H](O)CO. The Bertz CT molecular complexity index is 659. The number of aliphatic hydroxyl groups excluding tert-OH is 2. The van der Waals surface area contributed by atoms with Crippen LogP contribution in [0.1, 0.15) is 29.8 Å². The minimum Gasteiger partial charge on any atom is -0.456 e. The molecule has 0 aliphatic carbocycles. The van der Waals surface area contributed by atoms with Crippen molar-refractivity contribution in [2.75, 3.05) is 6.61 Å². The van der Waals surface area contributed by atoms with Crippen molar-refractivity contribution < 1.29 is 24.5 Å². The molecular weight excluding hydrogens is 332 g/mol. The first-order valence-electron chi connectivity index (χ1n) is 8.73. The summed E-state index contributed by atoms with van der Waals surface area (Å²) in [5.74, 6) is -0.971. The predicted octanol–water partition coefficient (Wildman–Crippen LogP) is 2.81. The molecule has 4 atom stereocenters. The molecule has 0 saturated carbocycles. The van der Waals surface area contributed by atoms with Gasteiger partial charge < -0.3 is 19.7 Å². The number of carbonyl (C=O) groups excluding carboxylic acids is 1. The van der Waals surface area contributed by atoms with Crippen molar-refractivity contribution in [2.45, 2.75) is 38.8 Å². The lowest BCUT2D eigenvalue weighted by atomic mass is 9.94. The number of hydrogen-bond donors (Lipinski definition) is 2. The zero-order valence-corrected chi connectivity index (χ0v) is 15.1. The van der Waals surface area contributed by atoms with Gasteiger partial charge in [-0.15, -0.1) is 0 Å². The molecule has 2 rings (SSSR count). The third-order valence-electron chi connectivity index (χ3n) is 4.38. The van der Waals surface area contributed by atoms with E-state index in [9.17, 15) is 15.0 Å². The van der Waals surface area contributed by atoms with Gasteiger partial charge in [0.2, 0.25) is 0 Å². The van der Waals surface area contributed by atoms with E-state index in [4.69, 9.17) is 9.47 Å². The van der Waals surface area contributed by atoms with Gasteiger partial charge >= 0.3 is 5.97 Å². The van der Waals surface area contributed by atoms with Crippen molar-refractivity contribution in [3.8, 4) is 0 Å². The Morgan fingerprint density at radius 1 is 1.00 bits per heavy atom. The Morgan fingerprint density at radius 2 is 1.58 bits per heavy atom. The molecule has 5 nitrogen and oxygen atoms in total.